The Hall–Kier alpha value is -0.820. The molecule has 0 spiro atoms. The number of carbonyl (C=O) groups is 1. The second-order valence-corrected chi connectivity index (χ2v) is 4.56. The van der Waals surface area contributed by atoms with Gasteiger partial charge in [0.05, 0.1) is 12.6 Å². The first kappa shape index (κ1) is 15.2. The summed E-state index contributed by atoms with van der Waals surface area (Å²) in [4.78, 5) is 12.8. The molecule has 0 aromatic rings. The molecule has 0 bridgehead atoms. The van der Waals surface area contributed by atoms with Gasteiger partial charge in [-0.1, -0.05) is 0 Å². The highest BCUT2D eigenvalue weighted by atomic mass is 19.4. The highest BCUT2D eigenvalue weighted by Gasteiger charge is 2.38. The number of likely N-dealkylation sites (N-methyl/N-ethyl adjacent to an activating group) is 1. The Labute approximate surface area is 105 Å². The fraction of sp³-hybridized carbons (Fsp3) is 0.909. The maximum atomic E-state index is 12.6. The Bertz CT molecular complexity index is 277. The van der Waals surface area contributed by atoms with Gasteiger partial charge in [-0.3, -0.25) is 9.69 Å². The fourth-order valence-electron chi connectivity index (χ4n) is 2.29. The van der Waals surface area contributed by atoms with Crippen LogP contribution in [0.5, 0.6) is 0 Å². The predicted octanol–water partition coefficient (Wildman–Crippen LogP) is 0.737. The van der Waals surface area contributed by atoms with E-state index in [1.54, 1.807) is 0 Å². The number of alkyl halides is 3. The summed E-state index contributed by atoms with van der Waals surface area (Å²) in [6, 6.07) is -0.958. The van der Waals surface area contributed by atoms with Crippen molar-refractivity contribution < 1.29 is 18.0 Å². The van der Waals surface area contributed by atoms with Gasteiger partial charge in [0.2, 0.25) is 5.91 Å². The predicted molar refractivity (Wildman–Crippen MR) is 62.2 cm³/mol. The van der Waals surface area contributed by atoms with E-state index in [1.165, 1.54) is 18.9 Å². The largest absolute Gasteiger partial charge is 0.401 e. The van der Waals surface area contributed by atoms with E-state index in [0.717, 1.165) is 0 Å². The van der Waals surface area contributed by atoms with Crippen LogP contribution in [0.4, 0.5) is 13.2 Å². The molecule has 1 aliphatic heterocycles. The Morgan fingerprint density at radius 3 is 2.44 bits per heavy atom. The highest BCUT2D eigenvalue weighted by molar-refractivity contribution is 5.81. The number of carbonyl (C=O) groups excluding carboxylic acids is 1. The number of rotatable bonds is 4. The van der Waals surface area contributed by atoms with E-state index in [9.17, 15) is 18.0 Å². The minimum Gasteiger partial charge on any atom is -0.358 e. The van der Waals surface area contributed by atoms with Gasteiger partial charge in [-0.2, -0.15) is 13.2 Å². The standard InChI is InChI=1S/C11H20F3N3O/c1-8(10(18)15-2)17(7-11(12,13)14)9-3-5-16-6-4-9/h8-9,16H,3-7H2,1-2H3,(H,15,18). The normalized spacial score (nSPS) is 19.9. The minimum absolute atomic E-state index is 0.194. The molecule has 1 fully saturated rings. The van der Waals surface area contributed by atoms with Crippen molar-refractivity contribution in [2.75, 3.05) is 26.7 Å². The summed E-state index contributed by atoms with van der Waals surface area (Å²) in [5.41, 5.74) is 0. The second-order valence-electron chi connectivity index (χ2n) is 4.56. The molecule has 1 saturated heterocycles. The molecular formula is C11H20F3N3O. The molecule has 1 unspecified atom stereocenters. The number of nitrogens with zero attached hydrogens (tertiary/aromatic N) is 1. The molecular weight excluding hydrogens is 247 g/mol. The van der Waals surface area contributed by atoms with Crippen LogP contribution >= 0.6 is 0 Å². The fourth-order valence-corrected chi connectivity index (χ4v) is 2.29. The van der Waals surface area contributed by atoms with Crippen LogP contribution in [-0.2, 0) is 4.79 Å². The zero-order valence-electron chi connectivity index (χ0n) is 10.7. The molecule has 0 aromatic carbocycles. The molecule has 7 heteroatoms. The van der Waals surface area contributed by atoms with Crippen molar-refractivity contribution in [3.05, 3.63) is 0 Å². The molecule has 1 atom stereocenters. The molecule has 0 aliphatic carbocycles. The average Bonchev–Trinajstić information content (AvgIpc) is 2.34. The third-order valence-electron chi connectivity index (χ3n) is 3.26. The van der Waals surface area contributed by atoms with Crippen LogP contribution in [0.3, 0.4) is 0 Å². The summed E-state index contributed by atoms with van der Waals surface area (Å²) in [6.07, 6.45) is -3.01. The molecule has 2 N–H and O–H groups in total. The number of hydrogen-bond acceptors (Lipinski definition) is 3. The van der Waals surface area contributed by atoms with Gasteiger partial charge in [-0.15, -0.1) is 0 Å². The van der Waals surface area contributed by atoms with Crippen LogP contribution in [0.15, 0.2) is 0 Å². The quantitative estimate of drug-likeness (QED) is 0.789. The topological polar surface area (TPSA) is 44.4 Å². The SMILES string of the molecule is CNC(=O)C(C)N(CC(F)(F)F)C1CCNCC1. The lowest BCUT2D eigenvalue weighted by atomic mass is 10.0. The first-order chi connectivity index (χ1) is 8.35. The zero-order chi connectivity index (χ0) is 13.8. The van der Waals surface area contributed by atoms with Gasteiger partial charge in [-0.05, 0) is 32.9 Å². The van der Waals surface area contributed by atoms with Gasteiger partial charge in [0.1, 0.15) is 0 Å². The van der Waals surface area contributed by atoms with Crippen LogP contribution in [0.25, 0.3) is 0 Å². The van der Waals surface area contributed by atoms with E-state index < -0.39 is 18.8 Å². The summed E-state index contributed by atoms with van der Waals surface area (Å²) < 4.78 is 37.8. The number of halogens is 3. The van der Waals surface area contributed by atoms with Crippen LogP contribution in [0.1, 0.15) is 19.8 Å². The van der Waals surface area contributed by atoms with Crippen molar-refractivity contribution in [1.29, 1.82) is 0 Å². The Morgan fingerprint density at radius 1 is 1.44 bits per heavy atom. The zero-order valence-corrected chi connectivity index (χ0v) is 10.7. The Balaban J connectivity index is 2.76. The lowest BCUT2D eigenvalue weighted by Crippen LogP contribution is -2.54. The van der Waals surface area contributed by atoms with E-state index in [2.05, 4.69) is 10.6 Å². The number of piperidine rings is 1. The molecule has 0 radical (unpaired) electrons. The maximum Gasteiger partial charge on any atom is 0.401 e. The van der Waals surface area contributed by atoms with E-state index in [-0.39, 0.29) is 11.9 Å². The number of amides is 1. The van der Waals surface area contributed by atoms with Gasteiger partial charge >= 0.3 is 6.18 Å². The van der Waals surface area contributed by atoms with E-state index >= 15 is 0 Å². The molecule has 1 rings (SSSR count). The lowest BCUT2D eigenvalue weighted by Gasteiger charge is -2.38. The second kappa shape index (κ2) is 6.38. The third-order valence-corrected chi connectivity index (χ3v) is 3.26. The molecule has 0 aromatic heterocycles. The van der Waals surface area contributed by atoms with Crippen molar-refractivity contribution in [1.82, 2.24) is 15.5 Å². The van der Waals surface area contributed by atoms with Gasteiger partial charge in [0, 0.05) is 13.1 Å². The third kappa shape index (κ3) is 4.45. The first-order valence-electron chi connectivity index (χ1n) is 6.10. The number of hydrogen-bond donors (Lipinski definition) is 2. The minimum atomic E-state index is -4.28. The van der Waals surface area contributed by atoms with E-state index in [0.29, 0.717) is 25.9 Å². The van der Waals surface area contributed by atoms with E-state index in [1.807, 2.05) is 0 Å². The molecule has 4 nitrogen and oxygen atoms in total. The summed E-state index contributed by atoms with van der Waals surface area (Å²) >= 11 is 0. The van der Waals surface area contributed by atoms with Crippen molar-refractivity contribution in [2.45, 2.75) is 38.0 Å². The first-order valence-corrected chi connectivity index (χ1v) is 6.10. The summed E-state index contributed by atoms with van der Waals surface area (Å²) in [7, 11) is 1.44. The summed E-state index contributed by atoms with van der Waals surface area (Å²) in [5.74, 6) is -0.377. The number of nitrogens with one attached hydrogen (secondary N) is 2. The molecule has 1 aliphatic rings. The Kier molecular flexibility index (Phi) is 5.40. The molecule has 0 saturated carbocycles. The van der Waals surface area contributed by atoms with Crippen molar-refractivity contribution in [3.8, 4) is 0 Å². The molecule has 18 heavy (non-hydrogen) atoms. The van der Waals surface area contributed by atoms with Gasteiger partial charge < -0.3 is 10.6 Å². The van der Waals surface area contributed by atoms with E-state index in [4.69, 9.17) is 0 Å². The average molecular weight is 267 g/mol. The van der Waals surface area contributed by atoms with Crippen LogP contribution in [-0.4, -0.2) is 55.7 Å². The van der Waals surface area contributed by atoms with Crippen LogP contribution in [0, 0.1) is 0 Å². The van der Waals surface area contributed by atoms with Crippen molar-refractivity contribution in [3.63, 3.8) is 0 Å². The summed E-state index contributed by atoms with van der Waals surface area (Å²) in [5, 5.41) is 5.51. The maximum absolute atomic E-state index is 12.6. The van der Waals surface area contributed by atoms with Crippen molar-refractivity contribution >= 4 is 5.91 Å². The Morgan fingerprint density at radius 2 is 2.00 bits per heavy atom. The summed E-state index contributed by atoms with van der Waals surface area (Å²) in [6.45, 7) is 1.87. The lowest BCUT2D eigenvalue weighted by molar-refractivity contribution is -0.160. The molecule has 1 heterocycles. The molecule has 1 amide bonds. The van der Waals surface area contributed by atoms with Gasteiger partial charge in [-0.25, -0.2) is 0 Å². The van der Waals surface area contributed by atoms with Gasteiger partial charge in [0.15, 0.2) is 0 Å². The van der Waals surface area contributed by atoms with Gasteiger partial charge in [0.25, 0.3) is 0 Å². The van der Waals surface area contributed by atoms with Crippen molar-refractivity contribution in [2.24, 2.45) is 0 Å². The smallest absolute Gasteiger partial charge is 0.358 e. The highest BCUT2D eigenvalue weighted by Crippen LogP contribution is 2.23. The van der Waals surface area contributed by atoms with Crippen LogP contribution in [0.2, 0.25) is 0 Å². The molecule has 106 valence electrons. The monoisotopic (exact) mass is 267 g/mol. The van der Waals surface area contributed by atoms with Crippen LogP contribution < -0.4 is 10.6 Å².